The molecule has 3 rings (SSSR count). The van der Waals surface area contributed by atoms with Gasteiger partial charge in [0.05, 0.1) is 10.6 Å². The fourth-order valence-corrected chi connectivity index (χ4v) is 4.73. The maximum Gasteiger partial charge on any atom is 0.264 e. The van der Waals surface area contributed by atoms with Gasteiger partial charge < -0.3 is 5.32 Å². The number of aryl methyl sites for hydroxylation is 1. The summed E-state index contributed by atoms with van der Waals surface area (Å²) in [5.41, 5.74) is 2.26. The van der Waals surface area contributed by atoms with E-state index in [-0.39, 0.29) is 23.3 Å². The standard InChI is InChI=1S/C24H25ClN2O3S/c1-18-13-14-21(15-23(18)25)27(31(29,30)22-11-7-4-8-12-22)17-24(28)26-16-19(2)20-9-5-3-6-10-20/h3-15,19H,16-17H2,1-2H3,(H,26,28)/t19-/m0/s1. The molecular formula is C24H25ClN2O3S. The van der Waals surface area contributed by atoms with Gasteiger partial charge in [-0.3, -0.25) is 9.10 Å². The predicted octanol–water partition coefficient (Wildman–Crippen LogP) is 4.76. The smallest absolute Gasteiger partial charge is 0.264 e. The molecule has 0 aliphatic rings. The van der Waals surface area contributed by atoms with Gasteiger partial charge in [0.15, 0.2) is 0 Å². The van der Waals surface area contributed by atoms with E-state index in [1.54, 1.807) is 36.4 Å². The van der Waals surface area contributed by atoms with Gasteiger partial charge in [-0.05, 0) is 48.2 Å². The second-order valence-electron chi connectivity index (χ2n) is 7.37. The van der Waals surface area contributed by atoms with Crippen molar-refractivity contribution in [2.75, 3.05) is 17.4 Å². The Hall–Kier alpha value is -2.83. The van der Waals surface area contributed by atoms with Crippen LogP contribution in [0.3, 0.4) is 0 Å². The van der Waals surface area contributed by atoms with Crippen LogP contribution in [-0.4, -0.2) is 27.4 Å². The average molecular weight is 457 g/mol. The summed E-state index contributed by atoms with van der Waals surface area (Å²) < 4.78 is 27.7. The Kier molecular flexibility index (Phi) is 7.36. The van der Waals surface area contributed by atoms with Crippen LogP contribution in [0.25, 0.3) is 0 Å². The van der Waals surface area contributed by atoms with Crippen LogP contribution in [0.15, 0.2) is 83.8 Å². The van der Waals surface area contributed by atoms with Gasteiger partial charge in [-0.15, -0.1) is 0 Å². The van der Waals surface area contributed by atoms with Crippen molar-refractivity contribution in [2.45, 2.75) is 24.7 Å². The molecule has 1 amide bonds. The Morgan fingerprint density at radius 3 is 2.23 bits per heavy atom. The second kappa shape index (κ2) is 9.98. The third-order valence-electron chi connectivity index (χ3n) is 5.04. The topological polar surface area (TPSA) is 66.5 Å². The molecule has 0 fully saturated rings. The molecule has 7 heteroatoms. The summed E-state index contributed by atoms with van der Waals surface area (Å²) in [6.07, 6.45) is 0. The number of rotatable bonds is 8. The van der Waals surface area contributed by atoms with Crippen LogP contribution in [0.5, 0.6) is 0 Å². The van der Waals surface area contributed by atoms with Crippen molar-refractivity contribution in [2.24, 2.45) is 0 Å². The van der Waals surface area contributed by atoms with Crippen molar-refractivity contribution in [3.63, 3.8) is 0 Å². The number of nitrogens with one attached hydrogen (secondary N) is 1. The van der Waals surface area contributed by atoms with Gasteiger partial charge in [0, 0.05) is 11.6 Å². The molecular weight excluding hydrogens is 432 g/mol. The average Bonchev–Trinajstić information content (AvgIpc) is 2.79. The largest absolute Gasteiger partial charge is 0.354 e. The van der Waals surface area contributed by atoms with E-state index in [0.29, 0.717) is 17.3 Å². The fourth-order valence-electron chi connectivity index (χ4n) is 3.12. The zero-order valence-electron chi connectivity index (χ0n) is 17.5. The van der Waals surface area contributed by atoms with E-state index < -0.39 is 10.0 Å². The summed E-state index contributed by atoms with van der Waals surface area (Å²) in [7, 11) is -3.96. The van der Waals surface area contributed by atoms with Crippen LogP contribution in [0.4, 0.5) is 5.69 Å². The van der Waals surface area contributed by atoms with Gasteiger partial charge in [-0.25, -0.2) is 8.42 Å². The number of amides is 1. The van der Waals surface area contributed by atoms with E-state index in [1.807, 2.05) is 44.2 Å². The van der Waals surface area contributed by atoms with Crippen LogP contribution in [0, 0.1) is 6.92 Å². The molecule has 0 unspecified atom stereocenters. The van der Waals surface area contributed by atoms with Crippen molar-refractivity contribution in [3.8, 4) is 0 Å². The molecule has 0 spiro atoms. The number of anilines is 1. The zero-order valence-corrected chi connectivity index (χ0v) is 19.0. The minimum absolute atomic E-state index is 0.0955. The Bertz CT molecular complexity index is 1140. The maximum absolute atomic E-state index is 13.3. The molecule has 3 aromatic rings. The van der Waals surface area contributed by atoms with Gasteiger partial charge in [0.2, 0.25) is 5.91 Å². The molecule has 1 N–H and O–H groups in total. The van der Waals surface area contributed by atoms with Crippen LogP contribution < -0.4 is 9.62 Å². The Balaban J connectivity index is 1.83. The summed E-state index contributed by atoms with van der Waals surface area (Å²) in [6.45, 7) is 3.89. The highest BCUT2D eigenvalue weighted by Gasteiger charge is 2.27. The normalized spacial score (nSPS) is 12.2. The van der Waals surface area contributed by atoms with E-state index in [4.69, 9.17) is 11.6 Å². The van der Waals surface area contributed by atoms with Crippen molar-refractivity contribution in [3.05, 3.63) is 95.0 Å². The minimum atomic E-state index is -3.96. The fraction of sp³-hybridized carbons (Fsp3) is 0.208. The van der Waals surface area contributed by atoms with Crippen LogP contribution in [-0.2, 0) is 14.8 Å². The first-order valence-corrected chi connectivity index (χ1v) is 11.8. The summed E-state index contributed by atoms with van der Waals surface area (Å²) in [5, 5.41) is 3.29. The molecule has 0 heterocycles. The molecule has 0 saturated heterocycles. The van der Waals surface area contributed by atoms with E-state index >= 15 is 0 Å². The van der Waals surface area contributed by atoms with E-state index in [9.17, 15) is 13.2 Å². The van der Waals surface area contributed by atoms with Crippen molar-refractivity contribution >= 4 is 33.2 Å². The molecule has 0 bridgehead atoms. The highest BCUT2D eigenvalue weighted by atomic mass is 35.5. The summed E-state index contributed by atoms with van der Waals surface area (Å²) >= 11 is 6.24. The first kappa shape index (κ1) is 22.8. The summed E-state index contributed by atoms with van der Waals surface area (Å²) in [4.78, 5) is 12.9. The molecule has 1 atom stereocenters. The lowest BCUT2D eigenvalue weighted by Crippen LogP contribution is -2.41. The molecule has 0 saturated carbocycles. The van der Waals surface area contributed by atoms with Gasteiger partial charge in [0.25, 0.3) is 10.0 Å². The van der Waals surface area contributed by atoms with E-state index in [1.165, 1.54) is 12.1 Å². The lowest BCUT2D eigenvalue weighted by Gasteiger charge is -2.25. The highest BCUT2D eigenvalue weighted by Crippen LogP contribution is 2.28. The monoisotopic (exact) mass is 456 g/mol. The summed E-state index contributed by atoms with van der Waals surface area (Å²) in [5.74, 6) is -0.294. The number of halogens is 1. The van der Waals surface area contributed by atoms with Gasteiger partial charge >= 0.3 is 0 Å². The third kappa shape index (κ3) is 5.66. The SMILES string of the molecule is Cc1ccc(N(CC(=O)NC[C@H](C)c2ccccc2)S(=O)(=O)c2ccccc2)cc1Cl. The summed E-state index contributed by atoms with van der Waals surface area (Å²) in [6, 6.07) is 22.8. The predicted molar refractivity (Wildman–Crippen MR) is 125 cm³/mol. The van der Waals surface area contributed by atoms with E-state index in [0.717, 1.165) is 15.4 Å². The zero-order chi connectivity index (χ0) is 22.4. The molecule has 5 nitrogen and oxygen atoms in total. The molecule has 0 aromatic heterocycles. The number of sulfonamides is 1. The van der Waals surface area contributed by atoms with Crippen molar-refractivity contribution < 1.29 is 13.2 Å². The number of nitrogens with zero attached hydrogens (tertiary/aromatic N) is 1. The molecule has 0 aliphatic heterocycles. The van der Waals surface area contributed by atoms with Crippen LogP contribution in [0.1, 0.15) is 24.0 Å². The Labute approximate surface area is 188 Å². The van der Waals surface area contributed by atoms with Crippen LogP contribution in [0.2, 0.25) is 5.02 Å². The Morgan fingerprint density at radius 2 is 1.61 bits per heavy atom. The number of carbonyl (C=O) groups excluding carboxylic acids is 1. The van der Waals surface area contributed by atoms with Crippen molar-refractivity contribution in [1.29, 1.82) is 0 Å². The maximum atomic E-state index is 13.3. The molecule has 162 valence electrons. The number of carbonyl (C=O) groups is 1. The third-order valence-corrected chi connectivity index (χ3v) is 7.23. The number of benzene rings is 3. The van der Waals surface area contributed by atoms with Gasteiger partial charge in [0.1, 0.15) is 6.54 Å². The molecule has 3 aromatic carbocycles. The molecule has 0 radical (unpaired) electrons. The highest BCUT2D eigenvalue weighted by molar-refractivity contribution is 7.92. The lowest BCUT2D eigenvalue weighted by atomic mass is 10.0. The molecule has 0 aliphatic carbocycles. The first-order valence-electron chi connectivity index (χ1n) is 9.94. The van der Waals surface area contributed by atoms with Crippen LogP contribution >= 0.6 is 11.6 Å². The number of hydrogen-bond donors (Lipinski definition) is 1. The molecule has 31 heavy (non-hydrogen) atoms. The Morgan fingerprint density at radius 1 is 1.00 bits per heavy atom. The van der Waals surface area contributed by atoms with Gasteiger partial charge in [-0.2, -0.15) is 0 Å². The first-order chi connectivity index (χ1) is 14.8. The van der Waals surface area contributed by atoms with E-state index in [2.05, 4.69) is 5.32 Å². The quantitative estimate of drug-likeness (QED) is 0.531. The van der Waals surface area contributed by atoms with Gasteiger partial charge in [-0.1, -0.05) is 73.1 Å². The minimum Gasteiger partial charge on any atom is -0.354 e. The second-order valence-corrected chi connectivity index (χ2v) is 9.64. The lowest BCUT2D eigenvalue weighted by molar-refractivity contribution is -0.119. The van der Waals surface area contributed by atoms with Crippen molar-refractivity contribution in [1.82, 2.24) is 5.32 Å². The number of hydrogen-bond acceptors (Lipinski definition) is 3.